The molecule has 6 nitrogen and oxygen atoms in total. The molecule has 0 fully saturated rings. The molecule has 0 radical (unpaired) electrons. The maximum absolute atomic E-state index is 12.8. The summed E-state index contributed by atoms with van der Waals surface area (Å²) in [6, 6.07) is 11.8. The van der Waals surface area contributed by atoms with Crippen molar-refractivity contribution in [2.24, 2.45) is 0 Å². The highest BCUT2D eigenvalue weighted by Crippen LogP contribution is 2.28. The Kier molecular flexibility index (Phi) is 4.93. The fourth-order valence-electron chi connectivity index (χ4n) is 2.44. The first-order valence-electron chi connectivity index (χ1n) is 7.99. The number of Topliss-reactive ketones (excluding diaryl/α,β-unsaturated/α-hetero) is 1. The third-order valence-corrected chi connectivity index (χ3v) is 3.69. The van der Waals surface area contributed by atoms with Gasteiger partial charge in [0.2, 0.25) is 11.2 Å². The zero-order valence-corrected chi connectivity index (χ0v) is 14.7. The summed E-state index contributed by atoms with van der Waals surface area (Å²) in [4.78, 5) is 23.8. The number of benzene rings is 2. The van der Waals surface area contributed by atoms with Gasteiger partial charge in [-0.15, -0.1) is 0 Å². The van der Waals surface area contributed by atoms with E-state index in [0.29, 0.717) is 34.0 Å². The molecule has 3 rings (SSSR count). The monoisotopic (exact) mass is 354 g/mol. The molecule has 0 saturated carbocycles. The predicted molar refractivity (Wildman–Crippen MR) is 96.5 cm³/mol. The minimum atomic E-state index is -0.287. The van der Waals surface area contributed by atoms with Crippen LogP contribution in [0.1, 0.15) is 12.7 Å². The molecule has 1 aromatic heterocycles. The molecule has 0 aliphatic carbocycles. The summed E-state index contributed by atoms with van der Waals surface area (Å²) in [5.74, 6) is 1.91. The minimum Gasteiger partial charge on any atom is -0.497 e. The van der Waals surface area contributed by atoms with Crippen LogP contribution in [0.2, 0.25) is 0 Å². The first kappa shape index (κ1) is 17.5. The lowest BCUT2D eigenvalue weighted by Crippen LogP contribution is -2.09. The van der Waals surface area contributed by atoms with Crippen LogP contribution >= 0.6 is 0 Å². The van der Waals surface area contributed by atoms with E-state index in [2.05, 4.69) is 0 Å². The van der Waals surface area contributed by atoms with Gasteiger partial charge in [0, 0.05) is 12.1 Å². The summed E-state index contributed by atoms with van der Waals surface area (Å²) in [7, 11) is 1.56. The number of fused-ring (bicyclic) bond motifs is 1. The van der Waals surface area contributed by atoms with Crippen LogP contribution in [0.3, 0.4) is 0 Å². The van der Waals surface area contributed by atoms with E-state index < -0.39 is 0 Å². The molecule has 0 spiro atoms. The molecule has 6 heteroatoms. The van der Waals surface area contributed by atoms with Gasteiger partial charge in [0.1, 0.15) is 35.2 Å². The van der Waals surface area contributed by atoms with Crippen LogP contribution in [-0.4, -0.2) is 19.5 Å². The van der Waals surface area contributed by atoms with Crippen LogP contribution in [0.25, 0.3) is 11.0 Å². The molecule has 0 aliphatic heterocycles. The fourth-order valence-corrected chi connectivity index (χ4v) is 2.44. The van der Waals surface area contributed by atoms with Gasteiger partial charge < -0.3 is 18.6 Å². The van der Waals surface area contributed by atoms with Gasteiger partial charge in [-0.05, 0) is 38.1 Å². The summed E-state index contributed by atoms with van der Waals surface area (Å²) in [5, 5.41) is 0.365. The first-order valence-corrected chi connectivity index (χ1v) is 7.99. The first-order chi connectivity index (χ1) is 12.5. The predicted octanol–water partition coefficient (Wildman–Crippen LogP) is 3.87. The van der Waals surface area contributed by atoms with Crippen LogP contribution in [0.5, 0.6) is 23.0 Å². The van der Waals surface area contributed by atoms with E-state index in [1.165, 1.54) is 6.92 Å². The maximum Gasteiger partial charge on any atom is 0.235 e. The number of methoxy groups -OCH3 is 1. The lowest BCUT2D eigenvalue weighted by molar-refractivity contribution is -0.118. The normalized spacial score (nSPS) is 10.6. The lowest BCUT2D eigenvalue weighted by Gasteiger charge is -2.10. The molecule has 26 heavy (non-hydrogen) atoms. The van der Waals surface area contributed by atoms with Crippen molar-refractivity contribution in [1.82, 2.24) is 0 Å². The van der Waals surface area contributed by atoms with Gasteiger partial charge in [-0.1, -0.05) is 6.07 Å². The smallest absolute Gasteiger partial charge is 0.235 e. The van der Waals surface area contributed by atoms with Gasteiger partial charge in [0.25, 0.3) is 0 Å². The Labute approximate surface area is 149 Å². The zero-order chi connectivity index (χ0) is 18.7. The van der Waals surface area contributed by atoms with Gasteiger partial charge >= 0.3 is 0 Å². The van der Waals surface area contributed by atoms with Gasteiger partial charge in [-0.2, -0.15) is 0 Å². The second-order valence-electron chi connectivity index (χ2n) is 5.75. The topological polar surface area (TPSA) is 75.0 Å². The van der Waals surface area contributed by atoms with Crippen molar-refractivity contribution in [3.63, 3.8) is 0 Å². The van der Waals surface area contributed by atoms with E-state index >= 15 is 0 Å². The Morgan fingerprint density at radius 2 is 1.85 bits per heavy atom. The standard InChI is InChI=1S/C20H18O6/c1-12(21)11-24-15-7-8-17-18(10-15)25-13(2)20(19(17)22)26-16-6-4-5-14(9-16)23-3/h4-10H,11H2,1-3H3. The molecule has 2 aromatic carbocycles. The van der Waals surface area contributed by atoms with Crippen LogP contribution in [0.4, 0.5) is 0 Å². The zero-order valence-electron chi connectivity index (χ0n) is 14.7. The van der Waals surface area contributed by atoms with Crippen molar-refractivity contribution < 1.29 is 23.4 Å². The number of carbonyl (C=O) groups is 1. The van der Waals surface area contributed by atoms with E-state index in [1.807, 2.05) is 0 Å². The molecule has 134 valence electrons. The van der Waals surface area contributed by atoms with Crippen LogP contribution in [0.15, 0.2) is 51.7 Å². The SMILES string of the molecule is COc1cccc(Oc2c(C)oc3cc(OCC(C)=O)ccc3c2=O)c1. The van der Waals surface area contributed by atoms with Crippen molar-refractivity contribution >= 4 is 16.8 Å². The quantitative estimate of drug-likeness (QED) is 0.669. The van der Waals surface area contributed by atoms with E-state index in [-0.39, 0.29) is 23.6 Å². The van der Waals surface area contributed by atoms with Gasteiger partial charge in [0.15, 0.2) is 5.78 Å². The number of ketones is 1. The van der Waals surface area contributed by atoms with Crippen LogP contribution < -0.4 is 19.6 Å². The minimum absolute atomic E-state index is 0.0360. The number of ether oxygens (including phenoxy) is 3. The van der Waals surface area contributed by atoms with Crippen molar-refractivity contribution in [3.05, 3.63) is 58.4 Å². The van der Waals surface area contributed by atoms with E-state index in [4.69, 9.17) is 18.6 Å². The molecule has 0 amide bonds. The third-order valence-electron chi connectivity index (χ3n) is 3.69. The third kappa shape index (κ3) is 3.69. The summed E-state index contributed by atoms with van der Waals surface area (Å²) < 4.78 is 22.0. The van der Waals surface area contributed by atoms with Crippen molar-refractivity contribution in [2.45, 2.75) is 13.8 Å². The second kappa shape index (κ2) is 7.31. The highest BCUT2D eigenvalue weighted by Gasteiger charge is 2.15. The molecule has 3 aromatic rings. The van der Waals surface area contributed by atoms with Crippen molar-refractivity contribution in [3.8, 4) is 23.0 Å². The molecule has 0 bridgehead atoms. The molecule has 0 saturated heterocycles. The molecule has 0 N–H and O–H groups in total. The van der Waals surface area contributed by atoms with E-state index in [1.54, 1.807) is 56.5 Å². The molecule has 0 atom stereocenters. The number of rotatable bonds is 6. The average Bonchev–Trinajstić information content (AvgIpc) is 2.63. The van der Waals surface area contributed by atoms with Gasteiger partial charge in [0.05, 0.1) is 12.5 Å². The Hall–Kier alpha value is -3.28. The molecule has 1 heterocycles. The fraction of sp³-hybridized carbons (Fsp3) is 0.200. The maximum atomic E-state index is 12.8. The molecule has 0 unspecified atom stereocenters. The Balaban J connectivity index is 1.98. The molecular weight excluding hydrogens is 336 g/mol. The summed E-state index contributed by atoms with van der Waals surface area (Å²) in [6.07, 6.45) is 0. The number of hydrogen-bond acceptors (Lipinski definition) is 6. The van der Waals surface area contributed by atoms with Crippen LogP contribution in [-0.2, 0) is 4.79 Å². The summed E-state index contributed by atoms with van der Waals surface area (Å²) >= 11 is 0. The summed E-state index contributed by atoms with van der Waals surface area (Å²) in [5.41, 5.74) is 0.0798. The lowest BCUT2D eigenvalue weighted by atomic mass is 10.2. The average molecular weight is 354 g/mol. The highest BCUT2D eigenvalue weighted by atomic mass is 16.5. The number of hydrogen-bond donors (Lipinski definition) is 0. The molecular formula is C20H18O6. The largest absolute Gasteiger partial charge is 0.497 e. The highest BCUT2D eigenvalue weighted by molar-refractivity contribution is 5.80. The van der Waals surface area contributed by atoms with E-state index in [9.17, 15) is 9.59 Å². The van der Waals surface area contributed by atoms with Gasteiger partial charge in [-0.25, -0.2) is 0 Å². The van der Waals surface area contributed by atoms with E-state index in [0.717, 1.165) is 0 Å². The summed E-state index contributed by atoms with van der Waals surface area (Å²) in [6.45, 7) is 3.05. The van der Waals surface area contributed by atoms with Crippen molar-refractivity contribution in [1.29, 1.82) is 0 Å². The second-order valence-corrected chi connectivity index (χ2v) is 5.75. The number of aryl methyl sites for hydroxylation is 1. The Morgan fingerprint density at radius 3 is 2.58 bits per heavy atom. The Bertz CT molecular complexity index is 1020. The van der Waals surface area contributed by atoms with Crippen molar-refractivity contribution in [2.75, 3.05) is 13.7 Å². The number of carbonyl (C=O) groups excluding carboxylic acids is 1. The van der Waals surface area contributed by atoms with Gasteiger partial charge in [-0.3, -0.25) is 9.59 Å². The Morgan fingerprint density at radius 1 is 1.08 bits per heavy atom. The van der Waals surface area contributed by atoms with Crippen LogP contribution in [0, 0.1) is 6.92 Å². The molecule has 0 aliphatic rings.